The van der Waals surface area contributed by atoms with Gasteiger partial charge in [-0.2, -0.15) is 0 Å². The Balaban J connectivity index is 1.98. The highest BCUT2D eigenvalue weighted by Crippen LogP contribution is 2.32. The molecule has 0 saturated heterocycles. The summed E-state index contributed by atoms with van der Waals surface area (Å²) in [5, 5.41) is 2.89. The molecule has 1 aromatic carbocycles. The Labute approximate surface area is 136 Å². The number of amides is 1. The second kappa shape index (κ2) is 6.36. The molecular formula is C18H22N4O. The molecule has 3 rings (SSSR count). The van der Waals surface area contributed by atoms with Gasteiger partial charge in [-0.1, -0.05) is 18.2 Å². The van der Waals surface area contributed by atoms with Crippen LogP contribution >= 0.6 is 0 Å². The second-order valence-electron chi connectivity index (χ2n) is 6.17. The number of rotatable bonds is 3. The summed E-state index contributed by atoms with van der Waals surface area (Å²) in [5.74, 6) is 1.25. The lowest BCUT2D eigenvalue weighted by Crippen LogP contribution is -2.32. The minimum atomic E-state index is -0.156. The first-order chi connectivity index (χ1) is 11.0. The third-order valence-corrected chi connectivity index (χ3v) is 3.86. The molecule has 0 spiro atoms. The molecule has 0 aliphatic carbocycles. The molecule has 23 heavy (non-hydrogen) atoms. The van der Waals surface area contributed by atoms with Gasteiger partial charge in [-0.3, -0.25) is 4.79 Å². The smallest absolute Gasteiger partial charge is 0.270 e. The summed E-state index contributed by atoms with van der Waals surface area (Å²) in [7, 11) is 0. The normalized spacial score (nSPS) is 13.8. The summed E-state index contributed by atoms with van der Waals surface area (Å²) >= 11 is 0. The molecular weight excluding hydrogens is 288 g/mol. The first-order valence-corrected chi connectivity index (χ1v) is 8.06. The van der Waals surface area contributed by atoms with Gasteiger partial charge in [-0.15, -0.1) is 0 Å². The van der Waals surface area contributed by atoms with Crippen LogP contribution in [-0.4, -0.2) is 28.5 Å². The van der Waals surface area contributed by atoms with Gasteiger partial charge in [0.25, 0.3) is 5.91 Å². The number of para-hydroxylation sites is 1. The van der Waals surface area contributed by atoms with Gasteiger partial charge in [0.2, 0.25) is 0 Å². The van der Waals surface area contributed by atoms with Gasteiger partial charge in [0.05, 0.1) is 0 Å². The van der Waals surface area contributed by atoms with Crippen LogP contribution in [-0.2, 0) is 6.42 Å². The van der Waals surface area contributed by atoms with Crippen molar-refractivity contribution < 1.29 is 4.79 Å². The predicted octanol–water partition coefficient (Wildman–Crippen LogP) is 3.01. The molecule has 0 atom stereocenters. The van der Waals surface area contributed by atoms with E-state index in [1.165, 1.54) is 11.3 Å². The highest BCUT2D eigenvalue weighted by atomic mass is 16.1. The lowest BCUT2D eigenvalue weighted by molar-refractivity contribution is 0.0937. The molecule has 2 heterocycles. The maximum Gasteiger partial charge on any atom is 0.270 e. The van der Waals surface area contributed by atoms with Crippen molar-refractivity contribution in [2.75, 3.05) is 11.4 Å². The SMILES string of the molecule is Cc1nc(C(=O)NC(C)C)cc(N2CCCc3ccccc32)n1. The van der Waals surface area contributed by atoms with Gasteiger partial charge in [-0.05, 0) is 45.2 Å². The number of benzene rings is 1. The zero-order valence-electron chi connectivity index (χ0n) is 13.8. The van der Waals surface area contributed by atoms with Crippen LogP contribution in [0.1, 0.15) is 42.1 Å². The molecule has 0 saturated carbocycles. The molecule has 0 radical (unpaired) electrons. The predicted molar refractivity (Wildman–Crippen MR) is 91.1 cm³/mol. The van der Waals surface area contributed by atoms with Crippen molar-refractivity contribution in [2.45, 2.75) is 39.7 Å². The van der Waals surface area contributed by atoms with Crippen LogP contribution in [0.15, 0.2) is 30.3 Å². The van der Waals surface area contributed by atoms with Gasteiger partial charge in [0, 0.05) is 24.3 Å². The van der Waals surface area contributed by atoms with Gasteiger partial charge < -0.3 is 10.2 Å². The van der Waals surface area contributed by atoms with Gasteiger partial charge >= 0.3 is 0 Å². The van der Waals surface area contributed by atoms with E-state index in [1.54, 1.807) is 6.07 Å². The zero-order chi connectivity index (χ0) is 16.4. The van der Waals surface area contributed by atoms with E-state index in [2.05, 4.69) is 38.4 Å². The van der Waals surface area contributed by atoms with Gasteiger partial charge in [-0.25, -0.2) is 9.97 Å². The molecule has 2 aromatic rings. The van der Waals surface area contributed by atoms with E-state index in [0.29, 0.717) is 11.5 Å². The molecule has 1 aromatic heterocycles. The summed E-state index contributed by atoms with van der Waals surface area (Å²) < 4.78 is 0. The Morgan fingerprint density at radius 3 is 2.83 bits per heavy atom. The average molecular weight is 310 g/mol. The van der Waals surface area contributed by atoms with Crippen molar-refractivity contribution in [2.24, 2.45) is 0 Å². The number of hydrogen-bond acceptors (Lipinski definition) is 4. The largest absolute Gasteiger partial charge is 0.349 e. The molecule has 0 bridgehead atoms. The lowest BCUT2D eigenvalue weighted by atomic mass is 10.0. The molecule has 5 heteroatoms. The van der Waals surface area contributed by atoms with E-state index in [4.69, 9.17) is 0 Å². The maximum atomic E-state index is 12.3. The fraction of sp³-hybridized carbons (Fsp3) is 0.389. The summed E-state index contributed by atoms with van der Waals surface area (Å²) in [6.45, 7) is 6.60. The Morgan fingerprint density at radius 1 is 1.26 bits per heavy atom. The summed E-state index contributed by atoms with van der Waals surface area (Å²) in [5.41, 5.74) is 2.92. The standard InChI is InChI=1S/C18H22N4O/c1-12(2)19-18(23)15-11-17(21-13(3)20-15)22-10-6-8-14-7-4-5-9-16(14)22/h4-5,7,9,11-12H,6,8,10H2,1-3H3,(H,19,23). The van der Waals surface area contributed by atoms with E-state index in [1.807, 2.05) is 26.8 Å². The van der Waals surface area contributed by atoms with Crippen LogP contribution in [0.4, 0.5) is 11.5 Å². The van der Waals surface area contributed by atoms with E-state index in [-0.39, 0.29) is 11.9 Å². The first kappa shape index (κ1) is 15.5. The van der Waals surface area contributed by atoms with Crippen molar-refractivity contribution in [1.29, 1.82) is 0 Å². The van der Waals surface area contributed by atoms with E-state index >= 15 is 0 Å². The Kier molecular flexibility index (Phi) is 4.28. The van der Waals surface area contributed by atoms with Crippen LogP contribution in [0.5, 0.6) is 0 Å². The van der Waals surface area contributed by atoms with E-state index in [0.717, 1.165) is 25.2 Å². The van der Waals surface area contributed by atoms with E-state index < -0.39 is 0 Å². The molecule has 1 N–H and O–H groups in total. The Hall–Kier alpha value is -2.43. The fourth-order valence-corrected chi connectivity index (χ4v) is 2.91. The highest BCUT2D eigenvalue weighted by Gasteiger charge is 2.21. The quantitative estimate of drug-likeness (QED) is 0.947. The van der Waals surface area contributed by atoms with Crippen molar-refractivity contribution >= 4 is 17.4 Å². The summed E-state index contributed by atoms with van der Waals surface area (Å²) in [6.07, 6.45) is 2.16. The molecule has 1 aliphatic heterocycles. The highest BCUT2D eigenvalue weighted by molar-refractivity contribution is 5.93. The number of carbonyl (C=O) groups is 1. The monoisotopic (exact) mass is 310 g/mol. The number of hydrogen-bond donors (Lipinski definition) is 1. The number of nitrogens with one attached hydrogen (secondary N) is 1. The lowest BCUT2D eigenvalue weighted by Gasteiger charge is -2.30. The molecule has 5 nitrogen and oxygen atoms in total. The summed E-state index contributed by atoms with van der Waals surface area (Å²) in [4.78, 5) is 23.3. The molecule has 1 amide bonds. The van der Waals surface area contributed by atoms with Crippen molar-refractivity contribution in [3.63, 3.8) is 0 Å². The summed E-state index contributed by atoms with van der Waals surface area (Å²) in [6, 6.07) is 10.2. The van der Waals surface area contributed by atoms with Crippen molar-refractivity contribution in [1.82, 2.24) is 15.3 Å². The van der Waals surface area contributed by atoms with Crippen molar-refractivity contribution in [3.8, 4) is 0 Å². The first-order valence-electron chi connectivity index (χ1n) is 8.06. The number of aryl methyl sites for hydroxylation is 2. The fourth-order valence-electron chi connectivity index (χ4n) is 2.91. The average Bonchev–Trinajstić information content (AvgIpc) is 2.53. The van der Waals surface area contributed by atoms with Gasteiger partial charge in [0.15, 0.2) is 0 Å². The van der Waals surface area contributed by atoms with Crippen LogP contribution in [0, 0.1) is 6.92 Å². The molecule has 0 unspecified atom stereocenters. The number of carbonyl (C=O) groups excluding carboxylic acids is 1. The third kappa shape index (κ3) is 3.33. The maximum absolute atomic E-state index is 12.3. The number of anilines is 2. The Bertz CT molecular complexity index is 727. The minimum absolute atomic E-state index is 0.0805. The number of aromatic nitrogens is 2. The topological polar surface area (TPSA) is 58.1 Å². The zero-order valence-corrected chi connectivity index (χ0v) is 13.8. The number of fused-ring (bicyclic) bond motifs is 1. The number of nitrogens with zero attached hydrogens (tertiary/aromatic N) is 3. The molecule has 0 fully saturated rings. The van der Waals surface area contributed by atoms with Crippen molar-refractivity contribution in [3.05, 3.63) is 47.4 Å². The van der Waals surface area contributed by atoms with Crippen LogP contribution in [0.3, 0.4) is 0 Å². The third-order valence-electron chi connectivity index (χ3n) is 3.86. The second-order valence-corrected chi connectivity index (χ2v) is 6.17. The van der Waals surface area contributed by atoms with Crippen LogP contribution in [0.2, 0.25) is 0 Å². The van der Waals surface area contributed by atoms with Gasteiger partial charge in [0.1, 0.15) is 17.3 Å². The van der Waals surface area contributed by atoms with Crippen LogP contribution < -0.4 is 10.2 Å². The Morgan fingerprint density at radius 2 is 2.04 bits per heavy atom. The van der Waals surface area contributed by atoms with Crippen LogP contribution in [0.25, 0.3) is 0 Å². The minimum Gasteiger partial charge on any atom is -0.349 e. The van der Waals surface area contributed by atoms with E-state index in [9.17, 15) is 4.79 Å². The molecule has 120 valence electrons. The molecule has 1 aliphatic rings.